The average Bonchev–Trinajstić information content (AvgIpc) is 2.86. The maximum Gasteiger partial charge on any atom is 0.231 e. The summed E-state index contributed by atoms with van der Waals surface area (Å²) in [7, 11) is 0. The number of nitrogens with zero attached hydrogens (tertiary/aromatic N) is 1. The predicted molar refractivity (Wildman–Crippen MR) is 76.5 cm³/mol. The maximum atomic E-state index is 12.1. The largest absolute Gasteiger partial charge is 0.392 e. The van der Waals surface area contributed by atoms with Crippen molar-refractivity contribution in [2.45, 2.75) is 25.9 Å². The summed E-state index contributed by atoms with van der Waals surface area (Å²) in [5.74, 6) is -0.339. The number of fused-ring (bicyclic) bond motifs is 1. The molecule has 0 aliphatic heterocycles. The quantitative estimate of drug-likeness (QED) is 0.869. The zero-order chi connectivity index (χ0) is 14.5. The van der Waals surface area contributed by atoms with Gasteiger partial charge in [-0.15, -0.1) is 0 Å². The van der Waals surface area contributed by atoms with Crippen LogP contribution < -0.4 is 5.32 Å². The summed E-state index contributed by atoms with van der Waals surface area (Å²) in [5, 5.41) is 12.6. The third-order valence-corrected chi connectivity index (χ3v) is 3.03. The number of rotatable bonds is 5. The SMILES string of the molecule is CC(O)CNC(=O)CCC(=O)n1ccc2ccccc21. The summed E-state index contributed by atoms with van der Waals surface area (Å²) < 4.78 is 1.57. The summed E-state index contributed by atoms with van der Waals surface area (Å²) in [6, 6.07) is 9.48. The van der Waals surface area contributed by atoms with Crippen LogP contribution in [0.3, 0.4) is 0 Å². The molecular weight excluding hydrogens is 256 g/mol. The van der Waals surface area contributed by atoms with Gasteiger partial charge in [-0.25, -0.2) is 0 Å². The Morgan fingerprint density at radius 1 is 1.25 bits per heavy atom. The van der Waals surface area contributed by atoms with E-state index in [4.69, 9.17) is 5.11 Å². The number of aliphatic hydroxyl groups excluding tert-OH is 1. The molecule has 0 spiro atoms. The first kappa shape index (κ1) is 14.3. The molecule has 1 aromatic carbocycles. The highest BCUT2D eigenvalue weighted by molar-refractivity contribution is 5.93. The number of amides is 1. The first-order valence-corrected chi connectivity index (χ1v) is 6.62. The number of carbonyl (C=O) groups excluding carboxylic acids is 2. The monoisotopic (exact) mass is 274 g/mol. The predicted octanol–water partition coefficient (Wildman–Crippen LogP) is 1.56. The van der Waals surface area contributed by atoms with E-state index >= 15 is 0 Å². The van der Waals surface area contributed by atoms with E-state index in [0.29, 0.717) is 0 Å². The van der Waals surface area contributed by atoms with Gasteiger partial charge in [-0.2, -0.15) is 0 Å². The minimum atomic E-state index is -0.581. The molecule has 0 saturated carbocycles. The van der Waals surface area contributed by atoms with Crippen molar-refractivity contribution in [1.82, 2.24) is 9.88 Å². The van der Waals surface area contributed by atoms with Crippen LogP contribution in [0.2, 0.25) is 0 Å². The van der Waals surface area contributed by atoms with E-state index in [-0.39, 0.29) is 31.2 Å². The van der Waals surface area contributed by atoms with Gasteiger partial charge in [-0.05, 0) is 19.1 Å². The van der Waals surface area contributed by atoms with Gasteiger partial charge < -0.3 is 10.4 Å². The number of hydrogen-bond donors (Lipinski definition) is 2. The molecule has 2 aromatic rings. The Hall–Kier alpha value is -2.14. The second-order valence-corrected chi connectivity index (χ2v) is 4.79. The van der Waals surface area contributed by atoms with Crippen LogP contribution in [0, 0.1) is 0 Å². The smallest absolute Gasteiger partial charge is 0.231 e. The van der Waals surface area contributed by atoms with Crippen molar-refractivity contribution in [3.05, 3.63) is 36.5 Å². The Kier molecular flexibility index (Phi) is 4.53. The molecule has 2 N–H and O–H groups in total. The van der Waals surface area contributed by atoms with E-state index in [2.05, 4.69) is 5.32 Å². The molecule has 106 valence electrons. The number of carbonyl (C=O) groups is 2. The summed E-state index contributed by atoms with van der Waals surface area (Å²) >= 11 is 0. The van der Waals surface area contributed by atoms with E-state index in [1.807, 2.05) is 30.3 Å². The van der Waals surface area contributed by atoms with E-state index in [1.54, 1.807) is 17.7 Å². The molecule has 1 amide bonds. The molecule has 0 saturated heterocycles. The number of aliphatic hydroxyl groups is 1. The number of aromatic nitrogens is 1. The second kappa shape index (κ2) is 6.34. The van der Waals surface area contributed by atoms with Gasteiger partial charge in [0.2, 0.25) is 11.8 Å². The van der Waals surface area contributed by atoms with Crippen LogP contribution in [0.4, 0.5) is 0 Å². The van der Waals surface area contributed by atoms with Gasteiger partial charge in [0.05, 0.1) is 11.6 Å². The van der Waals surface area contributed by atoms with Gasteiger partial charge in [-0.3, -0.25) is 14.2 Å². The lowest BCUT2D eigenvalue weighted by molar-refractivity contribution is -0.121. The Balaban J connectivity index is 1.94. The van der Waals surface area contributed by atoms with Crippen LogP contribution in [0.5, 0.6) is 0 Å². The van der Waals surface area contributed by atoms with Gasteiger partial charge in [0.15, 0.2) is 0 Å². The van der Waals surface area contributed by atoms with Crippen molar-refractivity contribution in [1.29, 1.82) is 0 Å². The van der Waals surface area contributed by atoms with Gasteiger partial charge in [0.25, 0.3) is 0 Å². The van der Waals surface area contributed by atoms with Crippen molar-refractivity contribution in [2.24, 2.45) is 0 Å². The first-order valence-electron chi connectivity index (χ1n) is 6.62. The number of nitrogens with one attached hydrogen (secondary N) is 1. The molecule has 1 heterocycles. The molecule has 0 fully saturated rings. The van der Waals surface area contributed by atoms with Crippen molar-refractivity contribution in [3.8, 4) is 0 Å². The summed E-state index contributed by atoms with van der Waals surface area (Å²) in [6.07, 6.45) is 1.41. The highest BCUT2D eigenvalue weighted by Gasteiger charge is 2.11. The van der Waals surface area contributed by atoms with Crippen LogP contribution >= 0.6 is 0 Å². The molecular formula is C15H18N2O3. The Bertz CT molecular complexity index is 616. The van der Waals surface area contributed by atoms with Gasteiger partial charge in [0, 0.05) is 31.0 Å². The lowest BCUT2D eigenvalue weighted by atomic mass is 10.2. The molecule has 0 radical (unpaired) electrons. The minimum absolute atomic E-state index is 0.113. The van der Waals surface area contributed by atoms with E-state index in [1.165, 1.54) is 0 Å². The lowest BCUT2D eigenvalue weighted by Gasteiger charge is -2.07. The molecule has 5 heteroatoms. The third-order valence-electron chi connectivity index (χ3n) is 3.03. The van der Waals surface area contributed by atoms with Gasteiger partial charge in [0.1, 0.15) is 0 Å². The Morgan fingerprint density at radius 2 is 2.00 bits per heavy atom. The molecule has 2 rings (SSSR count). The van der Waals surface area contributed by atoms with E-state index in [0.717, 1.165) is 10.9 Å². The van der Waals surface area contributed by atoms with Crippen LogP contribution in [-0.2, 0) is 4.79 Å². The van der Waals surface area contributed by atoms with Crippen LogP contribution in [0.25, 0.3) is 10.9 Å². The molecule has 1 atom stereocenters. The zero-order valence-corrected chi connectivity index (χ0v) is 11.4. The fraction of sp³-hybridized carbons (Fsp3) is 0.333. The van der Waals surface area contributed by atoms with Crippen LogP contribution in [0.1, 0.15) is 24.6 Å². The van der Waals surface area contributed by atoms with Gasteiger partial charge in [-0.1, -0.05) is 18.2 Å². The highest BCUT2D eigenvalue weighted by Crippen LogP contribution is 2.15. The molecule has 0 aliphatic rings. The van der Waals surface area contributed by atoms with E-state index in [9.17, 15) is 9.59 Å². The first-order chi connectivity index (χ1) is 9.58. The third kappa shape index (κ3) is 3.45. The molecule has 1 aromatic heterocycles. The number of para-hydroxylation sites is 1. The molecule has 20 heavy (non-hydrogen) atoms. The zero-order valence-electron chi connectivity index (χ0n) is 11.4. The Labute approximate surface area is 117 Å². The standard InChI is InChI=1S/C15H18N2O3/c1-11(18)10-16-14(19)6-7-15(20)17-9-8-12-4-2-3-5-13(12)17/h2-5,8-9,11,18H,6-7,10H2,1H3,(H,16,19). The fourth-order valence-corrected chi connectivity index (χ4v) is 1.99. The topological polar surface area (TPSA) is 71.3 Å². The van der Waals surface area contributed by atoms with Crippen molar-refractivity contribution in [2.75, 3.05) is 6.54 Å². The minimum Gasteiger partial charge on any atom is -0.392 e. The summed E-state index contributed by atoms with van der Waals surface area (Å²) in [4.78, 5) is 23.6. The highest BCUT2D eigenvalue weighted by atomic mass is 16.3. The lowest BCUT2D eigenvalue weighted by Crippen LogP contribution is -2.30. The van der Waals surface area contributed by atoms with Crippen molar-refractivity contribution in [3.63, 3.8) is 0 Å². The molecule has 1 unspecified atom stereocenters. The molecule has 0 aliphatic carbocycles. The van der Waals surface area contributed by atoms with Crippen LogP contribution in [0.15, 0.2) is 36.5 Å². The fourth-order valence-electron chi connectivity index (χ4n) is 1.99. The normalized spacial score (nSPS) is 12.3. The average molecular weight is 274 g/mol. The van der Waals surface area contributed by atoms with Gasteiger partial charge >= 0.3 is 0 Å². The van der Waals surface area contributed by atoms with Crippen molar-refractivity contribution < 1.29 is 14.7 Å². The number of hydrogen-bond acceptors (Lipinski definition) is 3. The molecule has 5 nitrogen and oxygen atoms in total. The maximum absolute atomic E-state index is 12.1. The summed E-state index contributed by atoms with van der Waals surface area (Å²) in [5.41, 5.74) is 0.849. The Morgan fingerprint density at radius 3 is 2.75 bits per heavy atom. The van der Waals surface area contributed by atoms with E-state index < -0.39 is 6.10 Å². The van der Waals surface area contributed by atoms with Crippen molar-refractivity contribution >= 4 is 22.7 Å². The summed E-state index contributed by atoms with van der Waals surface area (Å²) in [6.45, 7) is 1.80. The second-order valence-electron chi connectivity index (χ2n) is 4.79. The number of benzene rings is 1. The molecule has 0 bridgehead atoms. The van der Waals surface area contributed by atoms with Crippen LogP contribution in [-0.4, -0.2) is 34.1 Å².